The van der Waals surface area contributed by atoms with Gasteiger partial charge in [0.05, 0.1) is 6.61 Å². The number of ether oxygens (including phenoxy) is 1. The fraction of sp³-hybridized carbons (Fsp3) is 0.600. The van der Waals surface area contributed by atoms with E-state index in [0.29, 0.717) is 0 Å². The minimum absolute atomic E-state index is 0.134. The zero-order valence-corrected chi connectivity index (χ0v) is 6.39. The van der Waals surface area contributed by atoms with Gasteiger partial charge in [0.25, 0.3) is 0 Å². The van der Waals surface area contributed by atoms with E-state index in [1.807, 2.05) is 0 Å². The Balaban J connectivity index is 4.05. The third kappa shape index (κ3) is 3.49. The zero-order chi connectivity index (χ0) is 9.56. The molecule has 7 nitrogen and oxygen atoms in total. The number of nitro groups is 1. The molecular weight excluding hydrogens is 168 g/mol. The first-order valence-corrected chi connectivity index (χ1v) is 3.12. The number of esters is 1. The number of hydrogen-bond donors (Lipinski definition) is 1. The van der Waals surface area contributed by atoms with Crippen LogP contribution in [0.15, 0.2) is 5.16 Å². The standard InChI is InChI=1S/C5H8N2O5/c1-2-12-5(8)3-4(6-9)7(10)11/h9H,2-3H2,1H3. The van der Waals surface area contributed by atoms with Crippen molar-refractivity contribution in [2.75, 3.05) is 6.61 Å². The lowest BCUT2D eigenvalue weighted by molar-refractivity contribution is -0.355. The minimum Gasteiger partial charge on any atom is -0.466 e. The number of amidine groups is 1. The lowest BCUT2D eigenvalue weighted by Crippen LogP contribution is -2.18. The summed E-state index contributed by atoms with van der Waals surface area (Å²) in [4.78, 5) is 19.6. The topological polar surface area (TPSA) is 102 Å². The van der Waals surface area contributed by atoms with Gasteiger partial charge in [0.1, 0.15) is 0 Å². The van der Waals surface area contributed by atoms with Crippen molar-refractivity contribution in [3.63, 3.8) is 0 Å². The van der Waals surface area contributed by atoms with E-state index in [1.165, 1.54) is 0 Å². The number of rotatable bonds is 3. The highest BCUT2D eigenvalue weighted by Gasteiger charge is 2.19. The quantitative estimate of drug-likeness (QED) is 0.163. The molecule has 0 heterocycles. The summed E-state index contributed by atoms with van der Waals surface area (Å²) in [6.45, 7) is 1.70. The molecule has 0 spiro atoms. The molecule has 0 saturated carbocycles. The van der Waals surface area contributed by atoms with Crippen LogP contribution in [0.25, 0.3) is 0 Å². The molecule has 0 aliphatic carbocycles. The van der Waals surface area contributed by atoms with Crippen molar-refractivity contribution in [3.05, 3.63) is 10.1 Å². The predicted molar refractivity (Wildman–Crippen MR) is 37.5 cm³/mol. The summed E-state index contributed by atoms with van der Waals surface area (Å²) in [7, 11) is 0. The molecule has 0 radical (unpaired) electrons. The molecule has 0 aromatic rings. The molecular formula is C5H8N2O5. The van der Waals surface area contributed by atoms with Crippen molar-refractivity contribution in [2.45, 2.75) is 13.3 Å². The molecule has 0 atom stereocenters. The average molecular weight is 176 g/mol. The Labute approximate surface area is 67.8 Å². The molecule has 0 unspecified atom stereocenters. The number of oxime groups is 1. The zero-order valence-electron chi connectivity index (χ0n) is 6.39. The highest BCUT2D eigenvalue weighted by molar-refractivity contribution is 5.92. The smallest absolute Gasteiger partial charge is 0.396 e. The van der Waals surface area contributed by atoms with E-state index in [2.05, 4.69) is 9.89 Å². The van der Waals surface area contributed by atoms with Crippen LogP contribution in [0.2, 0.25) is 0 Å². The Bertz CT molecular complexity index is 212. The summed E-state index contributed by atoms with van der Waals surface area (Å²) < 4.78 is 4.39. The number of hydrogen-bond acceptors (Lipinski definition) is 6. The van der Waals surface area contributed by atoms with Gasteiger partial charge in [-0.2, -0.15) is 0 Å². The van der Waals surface area contributed by atoms with Crippen molar-refractivity contribution >= 4 is 11.8 Å². The number of carbonyl (C=O) groups excluding carboxylic acids is 1. The van der Waals surface area contributed by atoms with Crippen molar-refractivity contribution in [1.82, 2.24) is 0 Å². The van der Waals surface area contributed by atoms with Gasteiger partial charge in [-0.15, -0.1) is 0 Å². The van der Waals surface area contributed by atoms with Gasteiger partial charge in [0, 0.05) is 0 Å². The van der Waals surface area contributed by atoms with Gasteiger partial charge in [0.2, 0.25) is 0 Å². The van der Waals surface area contributed by atoms with Gasteiger partial charge in [-0.3, -0.25) is 4.79 Å². The molecule has 1 N–H and O–H groups in total. The van der Waals surface area contributed by atoms with Gasteiger partial charge < -0.3 is 20.1 Å². The van der Waals surface area contributed by atoms with E-state index in [0.717, 1.165) is 0 Å². The third-order valence-electron chi connectivity index (χ3n) is 0.934. The molecule has 0 amide bonds. The molecule has 68 valence electrons. The van der Waals surface area contributed by atoms with Gasteiger partial charge >= 0.3 is 11.8 Å². The lowest BCUT2D eigenvalue weighted by atomic mass is 10.4. The number of carbonyl (C=O) groups is 1. The van der Waals surface area contributed by atoms with Crippen LogP contribution in [0.4, 0.5) is 0 Å². The molecule has 0 aliphatic heterocycles. The fourth-order valence-corrected chi connectivity index (χ4v) is 0.478. The first kappa shape index (κ1) is 10.3. The van der Waals surface area contributed by atoms with E-state index in [-0.39, 0.29) is 6.61 Å². The van der Waals surface area contributed by atoms with Crippen molar-refractivity contribution in [2.24, 2.45) is 5.16 Å². The summed E-state index contributed by atoms with van der Waals surface area (Å²) in [5.41, 5.74) is 0. The van der Waals surface area contributed by atoms with Crippen molar-refractivity contribution in [3.8, 4) is 0 Å². The maximum Gasteiger partial charge on any atom is 0.396 e. The highest BCUT2D eigenvalue weighted by atomic mass is 16.6. The fourth-order valence-electron chi connectivity index (χ4n) is 0.478. The van der Waals surface area contributed by atoms with Gasteiger partial charge in [0.15, 0.2) is 11.6 Å². The average Bonchev–Trinajstić information content (AvgIpc) is 2.00. The maximum absolute atomic E-state index is 10.6. The van der Waals surface area contributed by atoms with Crippen LogP contribution in [-0.4, -0.2) is 28.5 Å². The molecule has 0 aliphatic rings. The Kier molecular flexibility index (Phi) is 4.35. The molecule has 0 fully saturated rings. The summed E-state index contributed by atoms with van der Waals surface area (Å²) in [6, 6.07) is 0. The van der Waals surface area contributed by atoms with Crippen LogP contribution < -0.4 is 0 Å². The minimum atomic E-state index is -0.947. The molecule has 0 bridgehead atoms. The first-order chi connectivity index (χ1) is 5.61. The maximum atomic E-state index is 10.6. The number of nitrogens with zero attached hydrogens (tertiary/aromatic N) is 2. The van der Waals surface area contributed by atoms with Crippen LogP contribution in [0.5, 0.6) is 0 Å². The van der Waals surface area contributed by atoms with E-state index < -0.39 is 23.1 Å². The molecule has 0 aromatic heterocycles. The summed E-state index contributed by atoms with van der Waals surface area (Å²) >= 11 is 0. The van der Waals surface area contributed by atoms with Crippen LogP contribution in [0, 0.1) is 10.1 Å². The van der Waals surface area contributed by atoms with Crippen molar-refractivity contribution < 1.29 is 19.7 Å². The van der Waals surface area contributed by atoms with Gasteiger partial charge in [-0.1, -0.05) is 0 Å². The van der Waals surface area contributed by atoms with Crippen LogP contribution in [-0.2, 0) is 9.53 Å². The first-order valence-electron chi connectivity index (χ1n) is 3.12. The largest absolute Gasteiger partial charge is 0.466 e. The van der Waals surface area contributed by atoms with Crippen LogP contribution >= 0.6 is 0 Å². The highest BCUT2D eigenvalue weighted by Crippen LogP contribution is 1.91. The second kappa shape index (κ2) is 5.05. The Morgan fingerprint density at radius 3 is 2.67 bits per heavy atom. The van der Waals surface area contributed by atoms with E-state index in [4.69, 9.17) is 5.21 Å². The van der Waals surface area contributed by atoms with Gasteiger partial charge in [-0.05, 0) is 11.8 Å². The summed E-state index contributed by atoms with van der Waals surface area (Å²) in [5.74, 6) is -1.62. The second-order valence-corrected chi connectivity index (χ2v) is 1.76. The molecule has 7 heteroatoms. The molecule has 0 rings (SSSR count). The van der Waals surface area contributed by atoms with Gasteiger partial charge in [-0.25, -0.2) is 0 Å². The monoisotopic (exact) mass is 176 g/mol. The third-order valence-corrected chi connectivity index (χ3v) is 0.934. The second-order valence-electron chi connectivity index (χ2n) is 1.76. The Morgan fingerprint density at radius 1 is 1.75 bits per heavy atom. The Morgan fingerprint density at radius 2 is 2.33 bits per heavy atom. The predicted octanol–water partition coefficient (Wildman–Crippen LogP) is 0.00400. The Hall–Kier alpha value is -1.66. The molecule has 12 heavy (non-hydrogen) atoms. The summed E-state index contributed by atoms with van der Waals surface area (Å²) in [6.07, 6.45) is -0.628. The van der Waals surface area contributed by atoms with Crippen LogP contribution in [0.3, 0.4) is 0 Å². The normalized spacial score (nSPS) is 10.9. The summed E-state index contributed by atoms with van der Waals surface area (Å²) in [5, 5.41) is 20.4. The molecule has 0 saturated heterocycles. The van der Waals surface area contributed by atoms with E-state index in [1.54, 1.807) is 6.92 Å². The van der Waals surface area contributed by atoms with Crippen molar-refractivity contribution in [1.29, 1.82) is 0 Å². The van der Waals surface area contributed by atoms with Crippen LogP contribution in [0.1, 0.15) is 13.3 Å². The van der Waals surface area contributed by atoms with E-state index >= 15 is 0 Å². The van der Waals surface area contributed by atoms with E-state index in [9.17, 15) is 14.9 Å². The SMILES string of the molecule is CCOC(=O)CC(=NO)[N+](=O)[O-]. The lowest BCUT2D eigenvalue weighted by Gasteiger charge is -1.97. The molecule has 0 aromatic carbocycles.